The Balaban J connectivity index is 2.85. The third-order valence-corrected chi connectivity index (χ3v) is 2.22. The lowest BCUT2D eigenvalue weighted by atomic mass is 10.1. The molecule has 0 heterocycles. The van der Waals surface area contributed by atoms with Gasteiger partial charge in [-0.15, -0.1) is 0 Å². The van der Waals surface area contributed by atoms with Gasteiger partial charge in [-0.2, -0.15) is 0 Å². The van der Waals surface area contributed by atoms with Crippen LogP contribution in [-0.4, -0.2) is 47.6 Å². The Hall–Kier alpha value is -2.24. The molecule has 2 amide bonds. The zero-order valence-corrected chi connectivity index (χ0v) is 9.60. The monoisotopic (exact) mass is 238 g/mol. The van der Waals surface area contributed by atoms with Crippen molar-refractivity contribution in [2.24, 2.45) is 0 Å². The first kappa shape index (κ1) is 12.8. The van der Waals surface area contributed by atoms with Gasteiger partial charge in [-0.3, -0.25) is 9.59 Å². The zero-order valence-electron chi connectivity index (χ0n) is 9.60. The molecule has 0 saturated heterocycles. The molecule has 0 aliphatic carbocycles. The normalized spacial score (nSPS) is 9.76. The number of hydrogen-bond donors (Lipinski definition) is 3. The van der Waals surface area contributed by atoms with E-state index in [1.807, 2.05) is 0 Å². The Kier molecular flexibility index (Phi) is 3.92. The van der Waals surface area contributed by atoms with Crippen molar-refractivity contribution >= 4 is 11.8 Å². The number of hydrogen-bond acceptors (Lipinski definition) is 4. The average Bonchev–Trinajstić information content (AvgIpc) is 2.28. The van der Waals surface area contributed by atoms with Gasteiger partial charge < -0.3 is 20.4 Å². The quantitative estimate of drug-likeness (QED) is 0.686. The lowest BCUT2D eigenvalue weighted by molar-refractivity contribution is -0.121. The first-order valence-electron chi connectivity index (χ1n) is 4.93. The van der Waals surface area contributed by atoms with Gasteiger partial charge in [0, 0.05) is 20.2 Å². The largest absolute Gasteiger partial charge is 0.508 e. The van der Waals surface area contributed by atoms with E-state index in [2.05, 4.69) is 5.32 Å². The highest BCUT2D eigenvalue weighted by Crippen LogP contribution is 2.23. The number of rotatable bonds is 3. The number of likely N-dealkylation sites (N-methyl/N-ethyl adjacent to an activating group) is 2. The van der Waals surface area contributed by atoms with E-state index in [4.69, 9.17) is 5.11 Å². The van der Waals surface area contributed by atoms with E-state index < -0.39 is 5.91 Å². The van der Waals surface area contributed by atoms with Gasteiger partial charge >= 0.3 is 0 Å². The predicted octanol–water partition coefficient (Wildman–Crippen LogP) is -0.0842. The van der Waals surface area contributed by atoms with Gasteiger partial charge in [-0.25, -0.2) is 0 Å². The van der Waals surface area contributed by atoms with Crippen LogP contribution < -0.4 is 5.32 Å². The van der Waals surface area contributed by atoms with Gasteiger partial charge in [0.2, 0.25) is 5.91 Å². The molecule has 0 aliphatic rings. The third-order valence-electron chi connectivity index (χ3n) is 2.22. The van der Waals surface area contributed by atoms with E-state index in [1.165, 1.54) is 31.1 Å². The van der Waals surface area contributed by atoms with E-state index in [1.54, 1.807) is 0 Å². The number of carbonyl (C=O) groups is 2. The number of amides is 2. The minimum Gasteiger partial charge on any atom is -0.508 e. The second-order valence-corrected chi connectivity index (χ2v) is 3.54. The molecule has 1 rings (SSSR count). The number of phenols is 2. The number of carbonyl (C=O) groups excluding carboxylic acids is 2. The summed E-state index contributed by atoms with van der Waals surface area (Å²) >= 11 is 0. The molecular formula is C11H14N2O4. The Morgan fingerprint density at radius 2 is 2.00 bits per heavy atom. The zero-order chi connectivity index (χ0) is 13.0. The van der Waals surface area contributed by atoms with Crippen LogP contribution in [0.1, 0.15) is 10.4 Å². The summed E-state index contributed by atoms with van der Waals surface area (Å²) in [4.78, 5) is 24.1. The van der Waals surface area contributed by atoms with Crippen LogP contribution in [0.3, 0.4) is 0 Å². The number of aromatic hydroxyl groups is 2. The van der Waals surface area contributed by atoms with Crippen molar-refractivity contribution in [2.45, 2.75) is 0 Å². The molecule has 0 atom stereocenters. The van der Waals surface area contributed by atoms with Crippen molar-refractivity contribution in [2.75, 3.05) is 20.6 Å². The van der Waals surface area contributed by atoms with Crippen LogP contribution in [0.15, 0.2) is 18.2 Å². The van der Waals surface area contributed by atoms with Crippen molar-refractivity contribution in [3.63, 3.8) is 0 Å². The lowest BCUT2D eigenvalue weighted by Gasteiger charge is -2.16. The van der Waals surface area contributed by atoms with Crippen LogP contribution in [0.4, 0.5) is 0 Å². The Morgan fingerprint density at radius 3 is 2.53 bits per heavy atom. The number of phenolic OH excluding ortho intramolecular Hbond substituents is 2. The van der Waals surface area contributed by atoms with Crippen molar-refractivity contribution in [3.8, 4) is 11.5 Å². The molecule has 0 aliphatic heterocycles. The second-order valence-electron chi connectivity index (χ2n) is 3.54. The molecule has 92 valence electrons. The summed E-state index contributed by atoms with van der Waals surface area (Å²) in [6.07, 6.45) is 0. The summed E-state index contributed by atoms with van der Waals surface area (Å²) in [5.74, 6) is -1.25. The average molecular weight is 238 g/mol. The van der Waals surface area contributed by atoms with E-state index in [0.29, 0.717) is 0 Å². The Labute approximate surface area is 98.5 Å². The van der Waals surface area contributed by atoms with Crippen LogP contribution in [0, 0.1) is 0 Å². The molecular weight excluding hydrogens is 224 g/mol. The summed E-state index contributed by atoms with van der Waals surface area (Å²) in [6, 6.07) is 3.66. The third kappa shape index (κ3) is 3.10. The standard InChI is InChI=1S/C11H14N2O4/c1-12-10(16)6-13(2)11(17)8-4-3-7(14)5-9(8)15/h3-5,14-15H,6H2,1-2H3,(H,12,16). The van der Waals surface area contributed by atoms with E-state index in [-0.39, 0.29) is 29.5 Å². The maximum atomic E-state index is 11.8. The Bertz CT molecular complexity index is 445. The smallest absolute Gasteiger partial charge is 0.257 e. The maximum Gasteiger partial charge on any atom is 0.257 e. The fourth-order valence-electron chi connectivity index (χ4n) is 1.27. The molecule has 1 aromatic rings. The second kappa shape index (κ2) is 5.20. The van der Waals surface area contributed by atoms with Crippen LogP contribution in [0.5, 0.6) is 11.5 Å². The summed E-state index contributed by atoms with van der Waals surface area (Å²) in [6.45, 7) is -0.102. The SMILES string of the molecule is CNC(=O)CN(C)C(=O)c1ccc(O)cc1O. The van der Waals surface area contributed by atoms with Gasteiger partial charge in [0.05, 0.1) is 12.1 Å². The van der Waals surface area contributed by atoms with Crippen molar-refractivity contribution < 1.29 is 19.8 Å². The van der Waals surface area contributed by atoms with Gasteiger partial charge in [0.15, 0.2) is 0 Å². The molecule has 0 bridgehead atoms. The molecule has 3 N–H and O–H groups in total. The number of nitrogens with one attached hydrogen (secondary N) is 1. The van der Waals surface area contributed by atoms with Gasteiger partial charge in [0.25, 0.3) is 5.91 Å². The van der Waals surface area contributed by atoms with E-state index in [9.17, 15) is 14.7 Å². The summed E-state index contributed by atoms with van der Waals surface area (Å²) in [5.41, 5.74) is 0.0363. The maximum absolute atomic E-state index is 11.8. The highest BCUT2D eigenvalue weighted by molar-refractivity contribution is 5.98. The topological polar surface area (TPSA) is 89.9 Å². The van der Waals surface area contributed by atoms with Crippen molar-refractivity contribution in [1.82, 2.24) is 10.2 Å². The predicted molar refractivity (Wildman–Crippen MR) is 60.8 cm³/mol. The first-order chi connectivity index (χ1) is 7.95. The molecule has 0 radical (unpaired) electrons. The highest BCUT2D eigenvalue weighted by Gasteiger charge is 2.17. The van der Waals surface area contributed by atoms with Crippen LogP contribution >= 0.6 is 0 Å². The molecule has 0 fully saturated rings. The number of nitrogens with zero attached hydrogens (tertiary/aromatic N) is 1. The summed E-state index contributed by atoms with van der Waals surface area (Å²) in [5, 5.41) is 21.0. The number of benzene rings is 1. The molecule has 17 heavy (non-hydrogen) atoms. The fourth-order valence-corrected chi connectivity index (χ4v) is 1.27. The van der Waals surface area contributed by atoms with E-state index in [0.717, 1.165) is 6.07 Å². The molecule has 6 heteroatoms. The summed E-state index contributed by atoms with van der Waals surface area (Å²) in [7, 11) is 2.92. The fraction of sp³-hybridized carbons (Fsp3) is 0.273. The van der Waals surface area contributed by atoms with Crippen LogP contribution in [0.25, 0.3) is 0 Å². The molecule has 0 unspecified atom stereocenters. The van der Waals surface area contributed by atoms with Gasteiger partial charge in [-0.1, -0.05) is 0 Å². The molecule has 0 aromatic heterocycles. The molecule has 1 aromatic carbocycles. The van der Waals surface area contributed by atoms with Gasteiger partial charge in [-0.05, 0) is 12.1 Å². The van der Waals surface area contributed by atoms with Crippen LogP contribution in [-0.2, 0) is 4.79 Å². The van der Waals surface area contributed by atoms with E-state index >= 15 is 0 Å². The minimum absolute atomic E-state index is 0.0363. The van der Waals surface area contributed by atoms with Gasteiger partial charge in [0.1, 0.15) is 11.5 Å². The summed E-state index contributed by atoms with van der Waals surface area (Å²) < 4.78 is 0. The lowest BCUT2D eigenvalue weighted by Crippen LogP contribution is -2.36. The Morgan fingerprint density at radius 1 is 1.35 bits per heavy atom. The minimum atomic E-state index is -0.494. The molecule has 0 saturated carbocycles. The van der Waals surface area contributed by atoms with Crippen LogP contribution in [0.2, 0.25) is 0 Å². The molecule has 6 nitrogen and oxygen atoms in total. The molecule has 0 spiro atoms. The first-order valence-corrected chi connectivity index (χ1v) is 4.93. The highest BCUT2D eigenvalue weighted by atomic mass is 16.3. The van der Waals surface area contributed by atoms with Crippen molar-refractivity contribution in [3.05, 3.63) is 23.8 Å². The van der Waals surface area contributed by atoms with Crippen molar-refractivity contribution in [1.29, 1.82) is 0 Å².